The van der Waals surface area contributed by atoms with Crippen LogP contribution in [0.3, 0.4) is 0 Å². The monoisotopic (exact) mass is 380 g/mol. The van der Waals surface area contributed by atoms with Gasteiger partial charge in [0.1, 0.15) is 0 Å². The molecule has 0 aliphatic rings. The van der Waals surface area contributed by atoms with Crippen molar-refractivity contribution in [1.29, 1.82) is 0 Å². The highest BCUT2D eigenvalue weighted by Crippen LogP contribution is 2.27. The van der Waals surface area contributed by atoms with Gasteiger partial charge in [-0.15, -0.1) is 21.5 Å². The van der Waals surface area contributed by atoms with Crippen LogP contribution in [0.5, 0.6) is 0 Å². The number of thiophene rings is 1. The average molecular weight is 381 g/mol. The van der Waals surface area contributed by atoms with Crippen LogP contribution in [0.1, 0.15) is 47.0 Å². The van der Waals surface area contributed by atoms with Gasteiger partial charge in [0.15, 0.2) is 11.0 Å². The highest BCUT2D eigenvalue weighted by Gasteiger charge is 2.15. The fourth-order valence-electron chi connectivity index (χ4n) is 2.62. The summed E-state index contributed by atoms with van der Waals surface area (Å²) >= 11 is 3.10. The van der Waals surface area contributed by atoms with E-state index in [4.69, 9.17) is 0 Å². The van der Waals surface area contributed by atoms with E-state index in [1.165, 1.54) is 18.2 Å². The number of carbonyl (C=O) groups is 1. The zero-order valence-corrected chi connectivity index (χ0v) is 17.1. The second kappa shape index (κ2) is 9.97. The van der Waals surface area contributed by atoms with Gasteiger partial charge < -0.3 is 9.88 Å². The van der Waals surface area contributed by atoms with Gasteiger partial charge in [0.25, 0.3) is 0 Å². The summed E-state index contributed by atoms with van der Waals surface area (Å²) in [7, 11) is 0. The van der Waals surface area contributed by atoms with Crippen LogP contribution in [0.25, 0.3) is 10.7 Å². The van der Waals surface area contributed by atoms with Gasteiger partial charge in [-0.1, -0.05) is 44.5 Å². The summed E-state index contributed by atoms with van der Waals surface area (Å²) in [5, 5.41) is 14.5. The molecule has 0 aliphatic heterocycles. The van der Waals surface area contributed by atoms with Gasteiger partial charge in [0, 0.05) is 12.6 Å². The summed E-state index contributed by atoms with van der Waals surface area (Å²) in [4.78, 5) is 13.3. The predicted molar refractivity (Wildman–Crippen MR) is 106 cm³/mol. The minimum Gasteiger partial charge on any atom is -0.353 e. The van der Waals surface area contributed by atoms with Crippen LogP contribution in [-0.2, 0) is 11.3 Å². The molecular formula is C18H28N4OS2. The largest absolute Gasteiger partial charge is 0.353 e. The Hall–Kier alpha value is -1.34. The smallest absolute Gasteiger partial charge is 0.230 e. The normalized spacial score (nSPS) is 12.5. The minimum atomic E-state index is 0.0605. The summed E-state index contributed by atoms with van der Waals surface area (Å²) < 4.78 is 2.07. The van der Waals surface area contributed by atoms with Crippen molar-refractivity contribution in [2.24, 2.45) is 5.92 Å². The summed E-state index contributed by atoms with van der Waals surface area (Å²) in [5.74, 6) is 2.03. The summed E-state index contributed by atoms with van der Waals surface area (Å²) in [6.45, 7) is 9.39. The molecule has 7 heteroatoms. The number of rotatable bonds is 10. The van der Waals surface area contributed by atoms with E-state index in [9.17, 15) is 4.79 Å². The number of carbonyl (C=O) groups excluding carboxylic acids is 1. The van der Waals surface area contributed by atoms with Gasteiger partial charge in [-0.3, -0.25) is 4.79 Å². The van der Waals surface area contributed by atoms with Crippen LogP contribution in [-0.4, -0.2) is 32.5 Å². The second-order valence-corrected chi connectivity index (χ2v) is 8.50. The quantitative estimate of drug-likeness (QED) is 0.619. The van der Waals surface area contributed by atoms with Crippen molar-refractivity contribution >= 4 is 29.0 Å². The standard InChI is InChI=1S/C18H28N4OS2/c1-5-22-17(15-10-7-11-24-15)20-21-18(22)25-12-16(23)19-14(4)9-6-8-13(2)3/h7,10-11,13-14H,5-6,8-9,12H2,1-4H3,(H,19,23). The predicted octanol–water partition coefficient (Wildman–Crippen LogP) is 4.45. The molecule has 5 nitrogen and oxygen atoms in total. The Morgan fingerprint density at radius 2 is 2.12 bits per heavy atom. The average Bonchev–Trinajstić information content (AvgIpc) is 3.21. The Bertz CT molecular complexity index is 652. The number of hydrogen-bond acceptors (Lipinski definition) is 5. The molecule has 1 unspecified atom stereocenters. The molecule has 0 spiro atoms. The molecule has 0 fully saturated rings. The van der Waals surface area contributed by atoms with Crippen molar-refractivity contribution in [3.05, 3.63) is 17.5 Å². The molecule has 2 heterocycles. The number of amides is 1. The van der Waals surface area contributed by atoms with Gasteiger partial charge in [0.2, 0.25) is 5.91 Å². The molecule has 0 saturated heterocycles. The van der Waals surface area contributed by atoms with Crippen molar-refractivity contribution in [2.75, 3.05) is 5.75 Å². The fourth-order valence-corrected chi connectivity index (χ4v) is 4.15. The van der Waals surface area contributed by atoms with E-state index in [1.807, 2.05) is 17.5 Å². The Kier molecular flexibility index (Phi) is 7.96. The fraction of sp³-hybridized carbons (Fsp3) is 0.611. The summed E-state index contributed by atoms with van der Waals surface area (Å²) in [5.41, 5.74) is 0. The molecule has 2 aromatic heterocycles. The van der Waals surface area contributed by atoms with Crippen LogP contribution >= 0.6 is 23.1 Å². The van der Waals surface area contributed by atoms with Gasteiger partial charge in [-0.2, -0.15) is 0 Å². The first-order valence-corrected chi connectivity index (χ1v) is 10.8. The van der Waals surface area contributed by atoms with E-state index in [1.54, 1.807) is 11.3 Å². The number of nitrogens with one attached hydrogen (secondary N) is 1. The number of hydrogen-bond donors (Lipinski definition) is 1. The molecule has 0 saturated carbocycles. The van der Waals surface area contributed by atoms with E-state index < -0.39 is 0 Å². The SMILES string of the molecule is CCn1c(SCC(=O)NC(C)CCCC(C)C)nnc1-c1cccs1. The third-order valence-corrected chi connectivity index (χ3v) is 5.77. The lowest BCUT2D eigenvalue weighted by molar-refractivity contribution is -0.119. The van der Waals surface area contributed by atoms with E-state index in [0.29, 0.717) is 5.75 Å². The molecule has 0 aromatic carbocycles. The molecule has 138 valence electrons. The molecule has 2 rings (SSSR count). The first kappa shape index (κ1) is 20.0. The minimum absolute atomic E-state index is 0.0605. The van der Waals surface area contributed by atoms with E-state index in [0.717, 1.165) is 41.2 Å². The lowest BCUT2D eigenvalue weighted by Crippen LogP contribution is -2.33. The van der Waals surface area contributed by atoms with Crippen LogP contribution < -0.4 is 5.32 Å². The lowest BCUT2D eigenvalue weighted by atomic mass is 10.0. The van der Waals surface area contributed by atoms with Crippen molar-refractivity contribution in [1.82, 2.24) is 20.1 Å². The molecule has 0 bridgehead atoms. The van der Waals surface area contributed by atoms with Crippen molar-refractivity contribution in [3.63, 3.8) is 0 Å². The molecule has 25 heavy (non-hydrogen) atoms. The van der Waals surface area contributed by atoms with Crippen molar-refractivity contribution < 1.29 is 4.79 Å². The molecule has 1 amide bonds. The molecular weight excluding hydrogens is 352 g/mol. The van der Waals surface area contributed by atoms with Crippen molar-refractivity contribution in [3.8, 4) is 10.7 Å². The second-order valence-electron chi connectivity index (χ2n) is 6.61. The Labute approximate surface area is 158 Å². The molecule has 2 aromatic rings. The molecule has 0 aliphatic carbocycles. The van der Waals surface area contributed by atoms with Crippen LogP contribution in [0.2, 0.25) is 0 Å². The van der Waals surface area contributed by atoms with Gasteiger partial charge in [-0.25, -0.2) is 0 Å². The molecule has 1 atom stereocenters. The number of nitrogens with zero attached hydrogens (tertiary/aromatic N) is 3. The lowest BCUT2D eigenvalue weighted by Gasteiger charge is -2.14. The Morgan fingerprint density at radius 3 is 2.76 bits per heavy atom. The first-order chi connectivity index (χ1) is 12.0. The van der Waals surface area contributed by atoms with E-state index in [-0.39, 0.29) is 11.9 Å². The zero-order chi connectivity index (χ0) is 18.2. The highest BCUT2D eigenvalue weighted by molar-refractivity contribution is 7.99. The van der Waals surface area contributed by atoms with Gasteiger partial charge in [-0.05, 0) is 37.6 Å². The first-order valence-electron chi connectivity index (χ1n) is 8.90. The van der Waals surface area contributed by atoms with Crippen LogP contribution in [0, 0.1) is 5.92 Å². The molecule has 1 N–H and O–H groups in total. The van der Waals surface area contributed by atoms with Gasteiger partial charge >= 0.3 is 0 Å². The topological polar surface area (TPSA) is 59.8 Å². The Morgan fingerprint density at radius 1 is 1.32 bits per heavy atom. The van der Waals surface area contributed by atoms with Crippen LogP contribution in [0.15, 0.2) is 22.7 Å². The van der Waals surface area contributed by atoms with Crippen molar-refractivity contribution in [2.45, 2.75) is 64.7 Å². The van der Waals surface area contributed by atoms with E-state index in [2.05, 4.69) is 47.8 Å². The van der Waals surface area contributed by atoms with E-state index >= 15 is 0 Å². The summed E-state index contributed by atoms with van der Waals surface area (Å²) in [6, 6.07) is 4.27. The number of aromatic nitrogens is 3. The number of thioether (sulfide) groups is 1. The highest BCUT2D eigenvalue weighted by atomic mass is 32.2. The van der Waals surface area contributed by atoms with Crippen LogP contribution in [0.4, 0.5) is 0 Å². The third kappa shape index (κ3) is 6.15. The maximum absolute atomic E-state index is 12.2. The maximum Gasteiger partial charge on any atom is 0.230 e. The van der Waals surface area contributed by atoms with Gasteiger partial charge in [0.05, 0.1) is 10.6 Å². The third-order valence-electron chi connectivity index (χ3n) is 3.93. The maximum atomic E-state index is 12.2. The zero-order valence-electron chi connectivity index (χ0n) is 15.5. The summed E-state index contributed by atoms with van der Waals surface area (Å²) in [6.07, 6.45) is 3.39. The Balaban J connectivity index is 1.84. The molecule has 0 radical (unpaired) electrons.